The molecule has 0 aromatic carbocycles. The highest BCUT2D eigenvalue weighted by atomic mass is 16.2. The Labute approximate surface area is 148 Å². The SMILES string of the molecule is CCc1nnc2n1C[C@@H](NC(=O)[C@H]1CC(=O)N(C3CCCC3)C1)CC2. The molecule has 2 atom stereocenters. The number of amides is 2. The van der Waals surface area contributed by atoms with Crippen LogP contribution in [0.4, 0.5) is 0 Å². The van der Waals surface area contributed by atoms with E-state index in [-0.39, 0.29) is 23.8 Å². The molecule has 7 nitrogen and oxygen atoms in total. The smallest absolute Gasteiger partial charge is 0.225 e. The fourth-order valence-corrected chi connectivity index (χ4v) is 4.56. The van der Waals surface area contributed by atoms with Crippen LogP contribution in [0.5, 0.6) is 0 Å². The molecule has 1 aromatic heterocycles. The second-order valence-corrected chi connectivity index (χ2v) is 7.63. The monoisotopic (exact) mass is 345 g/mol. The van der Waals surface area contributed by atoms with E-state index in [1.165, 1.54) is 12.8 Å². The number of aryl methyl sites for hydroxylation is 2. The van der Waals surface area contributed by atoms with Gasteiger partial charge in [-0.2, -0.15) is 0 Å². The van der Waals surface area contributed by atoms with Crippen LogP contribution < -0.4 is 5.32 Å². The van der Waals surface area contributed by atoms with Crippen LogP contribution in [0.25, 0.3) is 0 Å². The lowest BCUT2D eigenvalue weighted by atomic mass is 10.0. The maximum atomic E-state index is 12.7. The number of hydrogen-bond acceptors (Lipinski definition) is 4. The van der Waals surface area contributed by atoms with Gasteiger partial charge in [-0.05, 0) is 19.3 Å². The average Bonchev–Trinajstić information content (AvgIpc) is 3.33. The van der Waals surface area contributed by atoms with Gasteiger partial charge in [0.2, 0.25) is 11.8 Å². The summed E-state index contributed by atoms with van der Waals surface area (Å²) in [5.74, 6) is 2.00. The Hall–Kier alpha value is -1.92. The molecule has 1 saturated carbocycles. The van der Waals surface area contributed by atoms with E-state index in [4.69, 9.17) is 0 Å². The zero-order valence-electron chi connectivity index (χ0n) is 14.9. The molecule has 0 unspecified atom stereocenters. The molecule has 25 heavy (non-hydrogen) atoms. The first-order chi connectivity index (χ1) is 12.2. The molecule has 0 bridgehead atoms. The van der Waals surface area contributed by atoms with Crippen LogP contribution in [-0.4, -0.2) is 50.1 Å². The van der Waals surface area contributed by atoms with Crippen LogP contribution in [0.1, 0.15) is 57.1 Å². The first-order valence-electron chi connectivity index (χ1n) is 9.66. The van der Waals surface area contributed by atoms with E-state index in [0.29, 0.717) is 19.0 Å². The van der Waals surface area contributed by atoms with Crippen LogP contribution in [0.3, 0.4) is 0 Å². The molecule has 4 rings (SSSR count). The molecule has 1 saturated heterocycles. The second kappa shape index (κ2) is 6.77. The van der Waals surface area contributed by atoms with Gasteiger partial charge in [-0.25, -0.2) is 0 Å². The van der Waals surface area contributed by atoms with Gasteiger partial charge in [0, 0.05) is 44.4 Å². The fraction of sp³-hybridized carbons (Fsp3) is 0.778. The molecule has 3 heterocycles. The number of nitrogens with one attached hydrogen (secondary N) is 1. The number of aromatic nitrogens is 3. The van der Waals surface area contributed by atoms with Gasteiger partial charge in [0.1, 0.15) is 11.6 Å². The maximum Gasteiger partial charge on any atom is 0.225 e. The first-order valence-corrected chi connectivity index (χ1v) is 9.66. The molecule has 2 fully saturated rings. The van der Waals surface area contributed by atoms with Crippen LogP contribution >= 0.6 is 0 Å². The Morgan fingerprint density at radius 1 is 1.20 bits per heavy atom. The second-order valence-electron chi connectivity index (χ2n) is 7.63. The van der Waals surface area contributed by atoms with Gasteiger partial charge >= 0.3 is 0 Å². The van der Waals surface area contributed by atoms with Crippen LogP contribution in [-0.2, 0) is 29.0 Å². The van der Waals surface area contributed by atoms with Crippen LogP contribution in [0, 0.1) is 5.92 Å². The molecule has 1 N–H and O–H groups in total. The van der Waals surface area contributed by atoms with Crippen molar-refractivity contribution in [2.24, 2.45) is 5.92 Å². The lowest BCUT2D eigenvalue weighted by Gasteiger charge is -2.27. The van der Waals surface area contributed by atoms with Crippen LogP contribution in [0.2, 0.25) is 0 Å². The minimum absolute atomic E-state index is 0.0356. The van der Waals surface area contributed by atoms with Crippen molar-refractivity contribution in [1.82, 2.24) is 25.0 Å². The predicted octanol–water partition coefficient (Wildman–Crippen LogP) is 1.06. The number of nitrogens with zero attached hydrogens (tertiary/aromatic N) is 4. The van der Waals surface area contributed by atoms with Gasteiger partial charge in [0.15, 0.2) is 0 Å². The minimum Gasteiger partial charge on any atom is -0.351 e. The Morgan fingerprint density at radius 2 is 2.00 bits per heavy atom. The van der Waals surface area contributed by atoms with E-state index < -0.39 is 0 Å². The van der Waals surface area contributed by atoms with Crippen molar-refractivity contribution in [3.8, 4) is 0 Å². The highest BCUT2D eigenvalue weighted by Crippen LogP contribution is 2.29. The van der Waals surface area contributed by atoms with Gasteiger partial charge in [0.25, 0.3) is 0 Å². The van der Waals surface area contributed by atoms with E-state index in [0.717, 1.165) is 50.3 Å². The van der Waals surface area contributed by atoms with Crippen molar-refractivity contribution in [2.45, 2.75) is 76.9 Å². The quantitative estimate of drug-likeness (QED) is 0.885. The lowest BCUT2D eigenvalue weighted by molar-refractivity contribution is -0.130. The maximum absolute atomic E-state index is 12.7. The Kier molecular flexibility index (Phi) is 4.48. The standard InChI is InChI=1S/C18H27N5O2/c1-2-15-20-21-16-8-7-13(11-23(15)16)19-18(25)12-9-17(24)22(10-12)14-5-3-4-6-14/h12-14H,2-11H2,1H3,(H,19,25)/t12-,13-/m0/s1. The normalized spacial score (nSPS) is 26.9. The molecule has 7 heteroatoms. The molecule has 1 aromatic rings. The van der Waals surface area contributed by atoms with Gasteiger partial charge in [-0.3, -0.25) is 9.59 Å². The van der Waals surface area contributed by atoms with Crippen molar-refractivity contribution in [3.05, 3.63) is 11.6 Å². The third kappa shape index (κ3) is 3.16. The van der Waals surface area contributed by atoms with Crippen molar-refractivity contribution in [2.75, 3.05) is 6.54 Å². The third-order valence-electron chi connectivity index (χ3n) is 5.98. The number of carbonyl (C=O) groups is 2. The summed E-state index contributed by atoms with van der Waals surface area (Å²) in [5.41, 5.74) is 0. The van der Waals surface area contributed by atoms with Gasteiger partial charge < -0.3 is 14.8 Å². The van der Waals surface area contributed by atoms with Gasteiger partial charge in [-0.15, -0.1) is 10.2 Å². The zero-order chi connectivity index (χ0) is 17.4. The van der Waals surface area contributed by atoms with E-state index in [1.54, 1.807) is 0 Å². The topological polar surface area (TPSA) is 80.1 Å². The molecular formula is C18H27N5O2. The van der Waals surface area contributed by atoms with Crippen molar-refractivity contribution < 1.29 is 9.59 Å². The number of rotatable bonds is 4. The Balaban J connectivity index is 1.35. The minimum atomic E-state index is -0.193. The molecule has 136 valence electrons. The van der Waals surface area contributed by atoms with Crippen molar-refractivity contribution in [3.63, 3.8) is 0 Å². The van der Waals surface area contributed by atoms with Crippen molar-refractivity contribution in [1.29, 1.82) is 0 Å². The summed E-state index contributed by atoms with van der Waals surface area (Å²) < 4.78 is 2.14. The summed E-state index contributed by atoms with van der Waals surface area (Å²) in [4.78, 5) is 27.0. The number of hydrogen-bond donors (Lipinski definition) is 1. The highest BCUT2D eigenvalue weighted by molar-refractivity contribution is 5.89. The van der Waals surface area contributed by atoms with Gasteiger partial charge in [0.05, 0.1) is 5.92 Å². The summed E-state index contributed by atoms with van der Waals surface area (Å²) >= 11 is 0. The van der Waals surface area contributed by atoms with Crippen molar-refractivity contribution >= 4 is 11.8 Å². The van der Waals surface area contributed by atoms with E-state index in [9.17, 15) is 9.59 Å². The molecule has 0 radical (unpaired) electrons. The summed E-state index contributed by atoms with van der Waals surface area (Å²) in [6, 6.07) is 0.476. The molecule has 3 aliphatic rings. The van der Waals surface area contributed by atoms with Gasteiger partial charge in [-0.1, -0.05) is 19.8 Å². The summed E-state index contributed by atoms with van der Waals surface area (Å²) in [6.45, 7) is 3.41. The first kappa shape index (κ1) is 16.5. The van der Waals surface area contributed by atoms with Crippen LogP contribution in [0.15, 0.2) is 0 Å². The van der Waals surface area contributed by atoms with E-state index in [1.807, 2.05) is 4.90 Å². The Morgan fingerprint density at radius 3 is 2.76 bits per heavy atom. The average molecular weight is 345 g/mol. The number of fused-ring (bicyclic) bond motifs is 1. The van der Waals surface area contributed by atoms with E-state index >= 15 is 0 Å². The van der Waals surface area contributed by atoms with E-state index in [2.05, 4.69) is 27.0 Å². The molecular weight excluding hydrogens is 318 g/mol. The summed E-state index contributed by atoms with van der Waals surface area (Å²) in [7, 11) is 0. The molecule has 2 amide bonds. The number of likely N-dealkylation sites (tertiary alicyclic amines) is 1. The number of carbonyl (C=O) groups excluding carboxylic acids is 2. The largest absolute Gasteiger partial charge is 0.351 e. The molecule has 1 aliphatic carbocycles. The molecule has 2 aliphatic heterocycles. The molecule has 0 spiro atoms. The predicted molar refractivity (Wildman–Crippen MR) is 91.7 cm³/mol. The lowest BCUT2D eigenvalue weighted by Crippen LogP contribution is -2.44. The highest BCUT2D eigenvalue weighted by Gasteiger charge is 2.39. The third-order valence-corrected chi connectivity index (χ3v) is 5.98. The summed E-state index contributed by atoms with van der Waals surface area (Å²) in [6.07, 6.45) is 7.55. The zero-order valence-corrected chi connectivity index (χ0v) is 14.9. The fourth-order valence-electron chi connectivity index (χ4n) is 4.56. The Bertz CT molecular complexity index is 651. The summed E-state index contributed by atoms with van der Waals surface area (Å²) in [5, 5.41) is 11.6.